The Morgan fingerprint density at radius 3 is 2.69 bits per heavy atom. The molecule has 0 unspecified atom stereocenters. The van der Waals surface area contributed by atoms with Crippen molar-refractivity contribution in [2.24, 2.45) is 0 Å². The first-order valence-corrected chi connectivity index (χ1v) is 8.84. The van der Waals surface area contributed by atoms with Crippen molar-refractivity contribution in [1.82, 2.24) is 4.98 Å². The Morgan fingerprint density at radius 1 is 1.31 bits per heavy atom. The first-order chi connectivity index (χ1) is 12.5. The minimum absolute atomic E-state index is 0.00759. The van der Waals surface area contributed by atoms with Gasteiger partial charge in [0, 0.05) is 12.6 Å². The van der Waals surface area contributed by atoms with E-state index in [9.17, 15) is 19.5 Å². The van der Waals surface area contributed by atoms with Gasteiger partial charge < -0.3 is 9.84 Å². The molecule has 134 valence electrons. The van der Waals surface area contributed by atoms with Crippen LogP contribution in [0.2, 0.25) is 0 Å². The molecule has 0 radical (unpaired) electrons. The molecule has 0 aliphatic carbocycles. The number of nitrogens with zero attached hydrogens (tertiary/aromatic N) is 2. The van der Waals surface area contributed by atoms with Crippen LogP contribution in [0.3, 0.4) is 0 Å². The van der Waals surface area contributed by atoms with Gasteiger partial charge in [0.05, 0.1) is 23.1 Å². The Bertz CT molecular complexity index is 853. The molecule has 2 amide bonds. The molecule has 1 saturated heterocycles. The Kier molecular flexibility index (Phi) is 5.22. The number of benzene rings is 1. The van der Waals surface area contributed by atoms with E-state index < -0.39 is 11.2 Å². The van der Waals surface area contributed by atoms with Crippen molar-refractivity contribution in [3.05, 3.63) is 48.2 Å². The molecule has 0 bridgehead atoms. The van der Waals surface area contributed by atoms with Crippen LogP contribution in [0.5, 0.6) is 5.75 Å². The van der Waals surface area contributed by atoms with Gasteiger partial charge in [0.25, 0.3) is 0 Å². The number of carbonyl (C=O) groups excluding carboxylic acids is 2. The number of aromatic carboxylic acids is 1. The zero-order chi connectivity index (χ0) is 18.7. The monoisotopic (exact) mass is 372 g/mol. The maximum absolute atomic E-state index is 12.7. The van der Waals surface area contributed by atoms with E-state index in [0.29, 0.717) is 18.0 Å². The van der Waals surface area contributed by atoms with Crippen LogP contribution in [0, 0.1) is 0 Å². The lowest BCUT2D eigenvalue weighted by Gasteiger charge is -2.15. The van der Waals surface area contributed by atoms with Crippen LogP contribution in [-0.4, -0.2) is 39.7 Å². The summed E-state index contributed by atoms with van der Waals surface area (Å²) < 4.78 is 5.36. The second-order valence-electron chi connectivity index (χ2n) is 5.47. The smallest absolute Gasteiger partial charge is 0.338 e. The van der Waals surface area contributed by atoms with E-state index in [-0.39, 0.29) is 28.8 Å². The summed E-state index contributed by atoms with van der Waals surface area (Å²) in [6.07, 6.45) is 1.45. The highest BCUT2D eigenvalue weighted by molar-refractivity contribution is 8.00. The predicted octanol–water partition coefficient (Wildman–Crippen LogP) is 2.60. The van der Waals surface area contributed by atoms with Gasteiger partial charge in [0.1, 0.15) is 10.8 Å². The topological polar surface area (TPSA) is 96.8 Å². The number of pyridine rings is 1. The quantitative estimate of drug-likeness (QED) is 0.779. The largest absolute Gasteiger partial charge is 0.494 e. The second kappa shape index (κ2) is 7.57. The molecule has 8 heteroatoms. The third-order valence-electron chi connectivity index (χ3n) is 3.77. The standard InChI is InChI=1S/C18H16N2O5S/c1-2-25-12-7-5-11(6-8-12)20-15(21)10-14(17(20)22)26-16-13(18(23)24)4-3-9-19-16/h3-9,14H,2,10H2,1H3,(H,23,24)/t14-/m1/s1. The van der Waals surface area contributed by atoms with Crippen LogP contribution in [0.25, 0.3) is 0 Å². The number of carboxylic acid groups (broad SMARTS) is 1. The third kappa shape index (κ3) is 3.55. The van der Waals surface area contributed by atoms with Crippen molar-refractivity contribution in [3.63, 3.8) is 0 Å². The molecule has 1 aromatic carbocycles. The normalized spacial score (nSPS) is 16.8. The van der Waals surface area contributed by atoms with Gasteiger partial charge in [-0.15, -0.1) is 0 Å². The van der Waals surface area contributed by atoms with Gasteiger partial charge in [-0.25, -0.2) is 14.7 Å². The maximum atomic E-state index is 12.7. The average Bonchev–Trinajstić information content (AvgIpc) is 2.90. The lowest BCUT2D eigenvalue weighted by Crippen LogP contribution is -2.31. The number of hydrogen-bond acceptors (Lipinski definition) is 6. The first kappa shape index (κ1) is 17.9. The molecule has 2 heterocycles. The molecular formula is C18H16N2O5S. The number of aromatic nitrogens is 1. The molecule has 1 fully saturated rings. The fraction of sp³-hybridized carbons (Fsp3) is 0.222. The van der Waals surface area contributed by atoms with E-state index in [1.54, 1.807) is 24.3 Å². The lowest BCUT2D eigenvalue weighted by atomic mass is 10.3. The fourth-order valence-electron chi connectivity index (χ4n) is 2.61. The number of thioether (sulfide) groups is 1. The zero-order valence-corrected chi connectivity index (χ0v) is 14.7. The van der Waals surface area contributed by atoms with Crippen molar-refractivity contribution in [1.29, 1.82) is 0 Å². The molecule has 2 aromatic rings. The molecule has 1 aliphatic heterocycles. The fourth-order valence-corrected chi connectivity index (χ4v) is 3.71. The van der Waals surface area contributed by atoms with Crippen LogP contribution >= 0.6 is 11.8 Å². The molecule has 0 saturated carbocycles. The minimum Gasteiger partial charge on any atom is -0.494 e. The predicted molar refractivity (Wildman–Crippen MR) is 95.6 cm³/mol. The number of amides is 2. The zero-order valence-electron chi connectivity index (χ0n) is 13.9. The Balaban J connectivity index is 1.80. The van der Waals surface area contributed by atoms with Crippen molar-refractivity contribution >= 4 is 35.2 Å². The molecule has 1 N–H and O–H groups in total. The van der Waals surface area contributed by atoms with Crippen molar-refractivity contribution < 1.29 is 24.2 Å². The van der Waals surface area contributed by atoms with E-state index >= 15 is 0 Å². The minimum atomic E-state index is -1.12. The summed E-state index contributed by atoms with van der Waals surface area (Å²) in [5, 5.41) is 8.75. The summed E-state index contributed by atoms with van der Waals surface area (Å²) in [4.78, 5) is 41.5. The highest BCUT2D eigenvalue weighted by Crippen LogP contribution is 2.34. The SMILES string of the molecule is CCOc1ccc(N2C(=O)C[C@@H](Sc3ncccc3C(=O)O)C2=O)cc1. The molecule has 1 aromatic heterocycles. The lowest BCUT2D eigenvalue weighted by molar-refractivity contribution is -0.121. The third-order valence-corrected chi connectivity index (χ3v) is 4.97. The summed E-state index contributed by atoms with van der Waals surface area (Å²) in [7, 11) is 0. The highest BCUT2D eigenvalue weighted by Gasteiger charge is 2.40. The molecular weight excluding hydrogens is 356 g/mol. The second-order valence-corrected chi connectivity index (χ2v) is 6.66. The average molecular weight is 372 g/mol. The van der Waals surface area contributed by atoms with Gasteiger partial charge >= 0.3 is 5.97 Å². The Morgan fingerprint density at radius 2 is 2.04 bits per heavy atom. The van der Waals surface area contributed by atoms with E-state index in [0.717, 1.165) is 16.7 Å². The summed E-state index contributed by atoms with van der Waals surface area (Å²) in [6.45, 7) is 2.39. The Hall–Kier alpha value is -2.87. The van der Waals surface area contributed by atoms with Crippen molar-refractivity contribution in [2.45, 2.75) is 23.6 Å². The van der Waals surface area contributed by atoms with E-state index in [4.69, 9.17) is 4.74 Å². The maximum Gasteiger partial charge on any atom is 0.338 e. The van der Waals surface area contributed by atoms with Gasteiger partial charge in [-0.3, -0.25) is 9.59 Å². The van der Waals surface area contributed by atoms with Crippen LogP contribution in [0.1, 0.15) is 23.7 Å². The molecule has 26 heavy (non-hydrogen) atoms. The Labute approximate surface area is 154 Å². The summed E-state index contributed by atoms with van der Waals surface area (Å²) in [5.41, 5.74) is 0.475. The van der Waals surface area contributed by atoms with Crippen LogP contribution in [0.15, 0.2) is 47.6 Å². The van der Waals surface area contributed by atoms with E-state index in [1.807, 2.05) is 6.92 Å². The van der Waals surface area contributed by atoms with Crippen molar-refractivity contribution in [3.8, 4) is 5.75 Å². The highest BCUT2D eigenvalue weighted by atomic mass is 32.2. The number of rotatable bonds is 6. The van der Waals surface area contributed by atoms with E-state index in [2.05, 4.69) is 4.98 Å². The van der Waals surface area contributed by atoms with Crippen molar-refractivity contribution in [2.75, 3.05) is 11.5 Å². The summed E-state index contributed by atoms with van der Waals surface area (Å²) in [6, 6.07) is 9.63. The van der Waals surface area contributed by atoms with E-state index in [1.165, 1.54) is 18.3 Å². The number of anilines is 1. The molecule has 1 atom stereocenters. The molecule has 0 spiro atoms. The number of hydrogen-bond donors (Lipinski definition) is 1. The van der Waals surface area contributed by atoms with Crippen LogP contribution in [-0.2, 0) is 9.59 Å². The molecule has 3 rings (SSSR count). The van der Waals surface area contributed by atoms with Gasteiger partial charge in [-0.1, -0.05) is 11.8 Å². The summed E-state index contributed by atoms with van der Waals surface area (Å²) >= 11 is 0.999. The first-order valence-electron chi connectivity index (χ1n) is 7.96. The van der Waals surface area contributed by atoms with Gasteiger partial charge in [0.2, 0.25) is 11.8 Å². The summed E-state index contributed by atoms with van der Waals surface area (Å²) in [5.74, 6) is -1.18. The number of ether oxygens (including phenoxy) is 1. The van der Waals surface area contributed by atoms with Gasteiger partial charge in [-0.05, 0) is 43.3 Å². The van der Waals surface area contributed by atoms with Gasteiger partial charge in [-0.2, -0.15) is 0 Å². The number of imide groups is 1. The molecule has 7 nitrogen and oxygen atoms in total. The van der Waals surface area contributed by atoms with Gasteiger partial charge in [0.15, 0.2) is 0 Å². The number of carboxylic acids is 1. The molecule has 1 aliphatic rings. The number of carbonyl (C=O) groups is 3. The van der Waals surface area contributed by atoms with Crippen LogP contribution in [0.4, 0.5) is 5.69 Å². The van der Waals surface area contributed by atoms with Crippen LogP contribution < -0.4 is 9.64 Å².